The second-order valence-electron chi connectivity index (χ2n) is 3.70. The minimum absolute atomic E-state index is 0.652. The Bertz CT molecular complexity index is 525. The Balaban J connectivity index is 2.42. The molecule has 2 aromatic carbocycles. The molecule has 88 valence electrons. The quantitative estimate of drug-likeness (QED) is 0.833. The van der Waals surface area contributed by atoms with Gasteiger partial charge in [-0.2, -0.15) is 0 Å². The summed E-state index contributed by atoms with van der Waals surface area (Å²) in [5.74, 6) is 0.845. The molecular weight excluding hydrogens is 234 g/mol. The van der Waals surface area contributed by atoms with Crippen LogP contribution in [0, 0.1) is 0 Å². The highest BCUT2D eigenvalue weighted by Crippen LogP contribution is 2.31. The molecule has 0 aliphatic rings. The van der Waals surface area contributed by atoms with Crippen molar-refractivity contribution in [3.63, 3.8) is 0 Å². The summed E-state index contributed by atoms with van der Waals surface area (Å²) < 4.78 is 5.46. The molecule has 0 spiro atoms. The van der Waals surface area contributed by atoms with E-state index in [1.807, 2.05) is 43.3 Å². The lowest BCUT2D eigenvalue weighted by Crippen LogP contribution is -1.91. The number of hydrogen-bond donors (Lipinski definition) is 1. The van der Waals surface area contributed by atoms with Crippen LogP contribution in [0.15, 0.2) is 42.5 Å². The molecular formula is C14H14ClNO. The SMILES string of the molecule is CCOc1cccc(-c2ccc(N)cc2Cl)c1. The molecule has 0 radical (unpaired) electrons. The van der Waals surface area contributed by atoms with E-state index in [9.17, 15) is 0 Å². The average molecular weight is 248 g/mol. The Morgan fingerprint density at radius 2 is 2.00 bits per heavy atom. The predicted molar refractivity (Wildman–Crippen MR) is 72.5 cm³/mol. The number of halogens is 1. The number of benzene rings is 2. The highest BCUT2D eigenvalue weighted by atomic mass is 35.5. The number of nitrogens with two attached hydrogens (primary N) is 1. The molecule has 0 saturated heterocycles. The molecule has 0 aromatic heterocycles. The third-order valence-electron chi connectivity index (χ3n) is 2.45. The van der Waals surface area contributed by atoms with Gasteiger partial charge in [0.1, 0.15) is 5.75 Å². The van der Waals surface area contributed by atoms with Crippen LogP contribution >= 0.6 is 11.6 Å². The molecule has 2 N–H and O–H groups in total. The summed E-state index contributed by atoms with van der Waals surface area (Å²) in [6.45, 7) is 2.61. The Kier molecular flexibility index (Phi) is 3.55. The van der Waals surface area contributed by atoms with Gasteiger partial charge in [-0.1, -0.05) is 29.8 Å². The van der Waals surface area contributed by atoms with Gasteiger partial charge in [-0.25, -0.2) is 0 Å². The van der Waals surface area contributed by atoms with Gasteiger partial charge in [-0.3, -0.25) is 0 Å². The van der Waals surface area contributed by atoms with Crippen LogP contribution in [-0.2, 0) is 0 Å². The van der Waals surface area contributed by atoms with E-state index in [-0.39, 0.29) is 0 Å². The predicted octanol–water partition coefficient (Wildman–Crippen LogP) is 3.99. The summed E-state index contributed by atoms with van der Waals surface area (Å²) in [5.41, 5.74) is 8.33. The fourth-order valence-electron chi connectivity index (χ4n) is 1.69. The summed E-state index contributed by atoms with van der Waals surface area (Å²) in [7, 11) is 0. The number of nitrogen functional groups attached to an aromatic ring is 1. The highest BCUT2D eigenvalue weighted by Gasteiger charge is 2.04. The number of hydrogen-bond acceptors (Lipinski definition) is 2. The second-order valence-corrected chi connectivity index (χ2v) is 4.11. The maximum atomic E-state index is 6.17. The van der Waals surface area contributed by atoms with Gasteiger partial charge in [-0.15, -0.1) is 0 Å². The summed E-state index contributed by atoms with van der Waals surface area (Å²) in [6.07, 6.45) is 0. The van der Waals surface area contributed by atoms with Crippen molar-refractivity contribution in [3.8, 4) is 16.9 Å². The van der Waals surface area contributed by atoms with E-state index in [1.54, 1.807) is 6.07 Å². The first-order valence-electron chi connectivity index (χ1n) is 5.49. The molecule has 2 aromatic rings. The summed E-state index contributed by atoms with van der Waals surface area (Å²) in [6, 6.07) is 13.4. The lowest BCUT2D eigenvalue weighted by molar-refractivity contribution is 0.340. The van der Waals surface area contributed by atoms with Crippen LogP contribution in [0.4, 0.5) is 5.69 Å². The van der Waals surface area contributed by atoms with E-state index in [0.29, 0.717) is 17.3 Å². The Hall–Kier alpha value is -1.67. The van der Waals surface area contributed by atoms with Gasteiger partial charge >= 0.3 is 0 Å². The maximum Gasteiger partial charge on any atom is 0.119 e. The van der Waals surface area contributed by atoms with E-state index < -0.39 is 0 Å². The molecule has 0 unspecified atom stereocenters. The summed E-state index contributed by atoms with van der Waals surface area (Å²) in [4.78, 5) is 0. The zero-order chi connectivity index (χ0) is 12.3. The summed E-state index contributed by atoms with van der Waals surface area (Å²) in [5, 5.41) is 0.652. The zero-order valence-corrected chi connectivity index (χ0v) is 10.4. The molecule has 17 heavy (non-hydrogen) atoms. The van der Waals surface area contributed by atoms with E-state index in [4.69, 9.17) is 22.1 Å². The van der Waals surface area contributed by atoms with Gasteiger partial charge in [-0.05, 0) is 36.8 Å². The van der Waals surface area contributed by atoms with Crippen LogP contribution in [0.2, 0.25) is 5.02 Å². The zero-order valence-electron chi connectivity index (χ0n) is 9.61. The van der Waals surface area contributed by atoms with Crippen molar-refractivity contribution in [2.45, 2.75) is 6.92 Å². The van der Waals surface area contributed by atoms with Crippen molar-refractivity contribution in [2.75, 3.05) is 12.3 Å². The molecule has 0 aliphatic heterocycles. The van der Waals surface area contributed by atoms with Crippen LogP contribution in [0.25, 0.3) is 11.1 Å². The third-order valence-corrected chi connectivity index (χ3v) is 2.76. The molecule has 0 aliphatic carbocycles. The normalized spacial score (nSPS) is 10.2. The van der Waals surface area contributed by atoms with E-state index in [1.165, 1.54) is 0 Å². The third kappa shape index (κ3) is 2.71. The van der Waals surface area contributed by atoms with Crippen molar-refractivity contribution in [1.29, 1.82) is 0 Å². The van der Waals surface area contributed by atoms with Crippen molar-refractivity contribution >= 4 is 17.3 Å². The Labute approximate surface area is 106 Å². The first-order valence-corrected chi connectivity index (χ1v) is 5.86. The molecule has 0 saturated carbocycles. The van der Waals surface area contributed by atoms with Crippen molar-refractivity contribution in [3.05, 3.63) is 47.5 Å². The molecule has 0 amide bonds. The lowest BCUT2D eigenvalue weighted by Gasteiger charge is -2.08. The van der Waals surface area contributed by atoms with Crippen LogP contribution in [0.1, 0.15) is 6.92 Å². The minimum atomic E-state index is 0.652. The molecule has 2 rings (SSSR count). The van der Waals surface area contributed by atoms with E-state index in [2.05, 4.69) is 0 Å². The number of anilines is 1. The first kappa shape index (κ1) is 11.8. The first-order chi connectivity index (χ1) is 8.20. The molecule has 3 heteroatoms. The fourth-order valence-corrected chi connectivity index (χ4v) is 1.98. The Morgan fingerprint density at radius 1 is 1.18 bits per heavy atom. The standard InChI is InChI=1S/C14H14ClNO/c1-2-17-12-5-3-4-10(8-12)13-7-6-11(16)9-14(13)15/h3-9H,2,16H2,1H3. The van der Waals surface area contributed by atoms with Gasteiger partial charge in [0, 0.05) is 11.3 Å². The Morgan fingerprint density at radius 3 is 2.71 bits per heavy atom. The number of rotatable bonds is 3. The molecule has 0 fully saturated rings. The maximum absolute atomic E-state index is 6.17. The smallest absolute Gasteiger partial charge is 0.119 e. The second kappa shape index (κ2) is 5.11. The van der Waals surface area contributed by atoms with Crippen LogP contribution in [0.3, 0.4) is 0 Å². The van der Waals surface area contributed by atoms with Gasteiger partial charge in [0.2, 0.25) is 0 Å². The fraction of sp³-hybridized carbons (Fsp3) is 0.143. The molecule has 0 bridgehead atoms. The van der Waals surface area contributed by atoms with Gasteiger partial charge < -0.3 is 10.5 Å². The van der Waals surface area contributed by atoms with Gasteiger partial charge in [0.25, 0.3) is 0 Å². The van der Waals surface area contributed by atoms with E-state index >= 15 is 0 Å². The van der Waals surface area contributed by atoms with E-state index in [0.717, 1.165) is 16.9 Å². The minimum Gasteiger partial charge on any atom is -0.494 e. The lowest BCUT2D eigenvalue weighted by atomic mass is 10.1. The van der Waals surface area contributed by atoms with Gasteiger partial charge in [0.15, 0.2) is 0 Å². The van der Waals surface area contributed by atoms with Gasteiger partial charge in [0.05, 0.1) is 11.6 Å². The van der Waals surface area contributed by atoms with Crippen molar-refractivity contribution in [1.82, 2.24) is 0 Å². The molecule has 2 nitrogen and oxygen atoms in total. The topological polar surface area (TPSA) is 35.2 Å². The molecule has 0 atom stereocenters. The molecule has 0 heterocycles. The largest absolute Gasteiger partial charge is 0.494 e. The number of ether oxygens (including phenoxy) is 1. The summed E-state index contributed by atoms with van der Waals surface area (Å²) >= 11 is 6.17. The van der Waals surface area contributed by atoms with Crippen molar-refractivity contribution < 1.29 is 4.74 Å². The van der Waals surface area contributed by atoms with Crippen LogP contribution in [0.5, 0.6) is 5.75 Å². The average Bonchev–Trinajstić information content (AvgIpc) is 2.29. The van der Waals surface area contributed by atoms with Crippen LogP contribution in [-0.4, -0.2) is 6.61 Å². The van der Waals surface area contributed by atoms with Crippen LogP contribution < -0.4 is 10.5 Å². The highest BCUT2D eigenvalue weighted by molar-refractivity contribution is 6.33. The van der Waals surface area contributed by atoms with Crippen molar-refractivity contribution in [2.24, 2.45) is 0 Å². The monoisotopic (exact) mass is 247 g/mol.